The van der Waals surface area contributed by atoms with E-state index in [0.29, 0.717) is 0 Å². The molecule has 0 aromatic heterocycles. The lowest BCUT2D eigenvalue weighted by Crippen LogP contribution is -2.82. The Labute approximate surface area is 366 Å². The normalized spacial score (nSPS) is 31.9. The summed E-state index contributed by atoms with van der Waals surface area (Å²) >= 11 is 0. The van der Waals surface area contributed by atoms with Crippen LogP contribution in [0.5, 0.6) is 0 Å². The fourth-order valence-corrected chi connectivity index (χ4v) is 9.50. The first-order chi connectivity index (χ1) is 29.0. The number of ketones is 1. The first-order valence-corrected chi connectivity index (χ1v) is 20.5. The monoisotopic (exact) mass is 893 g/mol. The molecule has 352 valence electrons. The summed E-state index contributed by atoms with van der Waals surface area (Å²) in [5.41, 5.74) is -9.78. The Kier molecular flexibility index (Phi) is 14.9. The van der Waals surface area contributed by atoms with Gasteiger partial charge in [-0.05, 0) is 63.3 Å². The van der Waals surface area contributed by atoms with Crippen molar-refractivity contribution in [3.05, 3.63) is 47.0 Å². The molecule has 4 aliphatic rings. The van der Waals surface area contributed by atoms with Crippen molar-refractivity contribution in [2.75, 3.05) is 20.8 Å². The smallest absolute Gasteiger partial charge is 0.456 e. The van der Waals surface area contributed by atoms with Gasteiger partial charge in [-0.15, -0.1) is 0 Å². The minimum Gasteiger partial charge on any atom is -0.456 e. The van der Waals surface area contributed by atoms with Crippen molar-refractivity contribution in [1.29, 1.82) is 0 Å². The van der Waals surface area contributed by atoms with Crippen molar-refractivity contribution in [2.45, 2.75) is 148 Å². The number of aliphatic hydroxyl groups is 3. The van der Waals surface area contributed by atoms with E-state index in [0.717, 1.165) is 14.0 Å². The van der Waals surface area contributed by atoms with Gasteiger partial charge in [-0.25, -0.2) is 24.1 Å². The highest BCUT2D eigenvalue weighted by Gasteiger charge is 2.78. The SMILES string of the molecule is COC(=O)O[C@@]12CO[C@@H]1C[C@H](O)[C@@]1(C)C(=O)[C@H](OC(C)=O)C3=C(C)[C@H](OC(=O)[C@@H](O)[C@@H](NC(=O)OC(C)(C)C)C(C)(C)C)C[C@@](O)([C@@H](OC(=O)c4ccccc4)C12)C3(C)C.COO. The molecule has 1 aromatic carbocycles. The quantitative estimate of drug-likeness (QED) is 0.0816. The second-order valence-electron chi connectivity index (χ2n) is 19.3. The molecule has 5 N–H and O–H groups in total. The first kappa shape index (κ1) is 51.0. The number of rotatable bonds is 8. The number of amides is 1. The standard InChI is InChI=1S/C43H59NO16.CH4O2/c1-21-24(57-35(50)28(47)31(38(3,4)5)44-36(51)59-39(6,7)8)19-43(53)33(58-34(49)23-16-14-13-15-17-23)30-41(11,32(48)29(56-22(2)45)27(21)40(43,9)10)25(46)18-26-42(30,20-55-26)60-37(52)54-12;1-3-2/h13-17,24-26,28-31,33,46-47,53H,18-20H2,1-12H3,(H,44,51);2H,1H3/t24-,25+,26-,28+,29-,30?,31-,33+,41-,42+,43-;/m1./s1. The van der Waals surface area contributed by atoms with Gasteiger partial charge in [0.2, 0.25) is 0 Å². The lowest BCUT2D eigenvalue weighted by Gasteiger charge is -2.67. The molecule has 1 amide bonds. The highest BCUT2D eigenvalue weighted by molar-refractivity contribution is 5.95. The number of alkyl carbamates (subject to hydrolysis) is 1. The summed E-state index contributed by atoms with van der Waals surface area (Å²) in [6.07, 6.45) is -12.8. The second-order valence-corrected chi connectivity index (χ2v) is 19.3. The fraction of sp³-hybridized carbons (Fsp3) is 0.682. The minimum absolute atomic E-state index is 0.0226. The molecule has 1 saturated heterocycles. The molecule has 0 radical (unpaired) electrons. The van der Waals surface area contributed by atoms with Crippen molar-refractivity contribution in [3.8, 4) is 0 Å². The molecule has 2 saturated carbocycles. The molecule has 1 aromatic rings. The highest BCUT2D eigenvalue weighted by Crippen LogP contribution is 2.64. The van der Waals surface area contributed by atoms with Crippen LogP contribution < -0.4 is 5.32 Å². The molecule has 0 spiro atoms. The molecule has 5 rings (SSSR count). The second kappa shape index (κ2) is 18.4. The number of ether oxygens (including phenoxy) is 7. The van der Waals surface area contributed by atoms with Crippen LogP contribution in [0.3, 0.4) is 0 Å². The van der Waals surface area contributed by atoms with Crippen molar-refractivity contribution in [3.63, 3.8) is 0 Å². The summed E-state index contributed by atoms with van der Waals surface area (Å²) in [5.74, 6) is -5.62. The Balaban J connectivity index is 0.00000282. The largest absolute Gasteiger partial charge is 0.508 e. The van der Waals surface area contributed by atoms with Crippen LogP contribution in [0.2, 0.25) is 0 Å². The lowest BCUT2D eigenvalue weighted by atomic mass is 9.44. The number of hydrogen-bond acceptors (Lipinski definition) is 18. The van der Waals surface area contributed by atoms with Gasteiger partial charge in [0.15, 0.2) is 23.6 Å². The Morgan fingerprint density at radius 3 is 2.03 bits per heavy atom. The number of nitrogens with one attached hydrogen (secondary N) is 1. The Morgan fingerprint density at radius 1 is 0.952 bits per heavy atom. The molecule has 1 heterocycles. The predicted octanol–water partition coefficient (Wildman–Crippen LogP) is 3.83. The molecule has 1 aliphatic heterocycles. The zero-order valence-electron chi connectivity index (χ0n) is 38.1. The van der Waals surface area contributed by atoms with Crippen LogP contribution >= 0.6 is 0 Å². The third-order valence-corrected chi connectivity index (χ3v) is 12.7. The van der Waals surface area contributed by atoms with Crippen LogP contribution in [0.1, 0.15) is 99.4 Å². The van der Waals surface area contributed by atoms with Crippen LogP contribution in [-0.2, 0) is 52.4 Å². The number of benzene rings is 1. The average molecular weight is 894 g/mol. The Hall–Kier alpha value is -4.66. The number of aliphatic hydroxyl groups excluding tert-OH is 2. The van der Waals surface area contributed by atoms with Crippen LogP contribution in [0.4, 0.5) is 9.59 Å². The van der Waals surface area contributed by atoms with E-state index in [2.05, 4.69) is 10.2 Å². The molecule has 19 heteroatoms. The summed E-state index contributed by atoms with van der Waals surface area (Å²) < 4.78 is 40.3. The van der Waals surface area contributed by atoms with Gasteiger partial charge in [0.1, 0.15) is 29.5 Å². The zero-order chi connectivity index (χ0) is 47.8. The number of Topliss-reactive ketones (excluding diaryl/α,β-unsaturated/α-hetero) is 1. The van der Waals surface area contributed by atoms with E-state index < -0.39 is 124 Å². The van der Waals surface area contributed by atoms with Gasteiger partial charge in [0.05, 0.1) is 49.9 Å². The van der Waals surface area contributed by atoms with Crippen molar-refractivity contribution in [2.24, 2.45) is 22.2 Å². The molecule has 63 heavy (non-hydrogen) atoms. The van der Waals surface area contributed by atoms with Crippen molar-refractivity contribution < 1.29 is 87.4 Å². The number of esters is 3. The number of hydrogen-bond donors (Lipinski definition) is 5. The molecular formula is C44H63NO18. The van der Waals surface area contributed by atoms with Crippen molar-refractivity contribution in [1.82, 2.24) is 5.32 Å². The number of methoxy groups -OCH3 is 1. The summed E-state index contributed by atoms with van der Waals surface area (Å²) in [6.45, 7) is 16.6. The van der Waals surface area contributed by atoms with Crippen LogP contribution in [0.25, 0.3) is 0 Å². The van der Waals surface area contributed by atoms with Gasteiger partial charge in [-0.2, -0.15) is 0 Å². The minimum atomic E-state index is -2.42. The summed E-state index contributed by atoms with van der Waals surface area (Å²) in [6, 6.07) is 6.50. The molecule has 3 fully saturated rings. The number of carbonyl (C=O) groups excluding carboxylic acids is 6. The first-order valence-electron chi connectivity index (χ1n) is 20.5. The molecular weight excluding hydrogens is 830 g/mol. The van der Waals surface area contributed by atoms with Gasteiger partial charge < -0.3 is 53.8 Å². The third kappa shape index (κ3) is 9.59. The maximum atomic E-state index is 15.4. The summed E-state index contributed by atoms with van der Waals surface area (Å²) in [7, 11) is 2.25. The van der Waals surface area contributed by atoms with E-state index in [1.54, 1.807) is 59.7 Å². The maximum Gasteiger partial charge on any atom is 0.508 e. The van der Waals surface area contributed by atoms with Crippen LogP contribution in [0.15, 0.2) is 41.5 Å². The van der Waals surface area contributed by atoms with Gasteiger partial charge in [-0.1, -0.05) is 52.8 Å². The van der Waals surface area contributed by atoms with Crippen LogP contribution in [-0.4, -0.2) is 137 Å². The topological polar surface area (TPSA) is 269 Å². The third-order valence-electron chi connectivity index (χ3n) is 12.7. The van der Waals surface area contributed by atoms with E-state index in [1.807, 2.05) is 0 Å². The van der Waals surface area contributed by atoms with Crippen molar-refractivity contribution >= 4 is 35.9 Å². The average Bonchev–Trinajstić information content (AvgIpc) is 3.17. The summed E-state index contributed by atoms with van der Waals surface area (Å²) in [4.78, 5) is 86.0. The Morgan fingerprint density at radius 2 is 1.54 bits per heavy atom. The van der Waals surface area contributed by atoms with E-state index in [9.17, 15) is 39.3 Å². The fourth-order valence-electron chi connectivity index (χ4n) is 9.50. The van der Waals surface area contributed by atoms with E-state index in [-0.39, 0.29) is 29.7 Å². The molecule has 3 aliphatic carbocycles. The molecule has 2 bridgehead atoms. The molecule has 11 atom stereocenters. The molecule has 19 nitrogen and oxygen atoms in total. The van der Waals surface area contributed by atoms with Gasteiger partial charge in [0.25, 0.3) is 0 Å². The van der Waals surface area contributed by atoms with E-state index in [1.165, 1.54) is 46.9 Å². The highest BCUT2D eigenvalue weighted by atomic mass is 17.1. The van der Waals surface area contributed by atoms with Gasteiger partial charge in [-0.3, -0.25) is 14.8 Å². The van der Waals surface area contributed by atoms with E-state index in [4.69, 9.17) is 38.4 Å². The summed E-state index contributed by atoms with van der Waals surface area (Å²) in [5, 5.41) is 46.9. The maximum absolute atomic E-state index is 15.4. The van der Waals surface area contributed by atoms with Crippen LogP contribution in [0, 0.1) is 22.2 Å². The van der Waals surface area contributed by atoms with Gasteiger partial charge >= 0.3 is 30.2 Å². The predicted molar refractivity (Wildman–Crippen MR) is 219 cm³/mol. The van der Waals surface area contributed by atoms with E-state index >= 15 is 4.79 Å². The zero-order valence-corrected chi connectivity index (χ0v) is 38.1. The Bertz CT molecular complexity index is 1940. The number of carbonyl (C=O) groups is 6. The van der Waals surface area contributed by atoms with Gasteiger partial charge in [0, 0.05) is 25.2 Å². The molecule has 1 unspecified atom stereocenters. The number of fused-ring (bicyclic) bond motifs is 5. The lowest BCUT2D eigenvalue weighted by molar-refractivity contribution is -0.344.